The number of carbonyl (C=O) groups is 1. The van der Waals surface area contributed by atoms with Crippen LogP contribution < -0.4 is 15.8 Å². The number of methoxy groups -OCH3 is 1. The van der Waals surface area contributed by atoms with Gasteiger partial charge in [-0.3, -0.25) is 4.79 Å². The molecular formula is C26H23FN2O4S2. The third-order valence-corrected chi connectivity index (χ3v) is 8.58. The zero-order chi connectivity index (χ0) is 25.3. The lowest BCUT2D eigenvalue weighted by atomic mass is 10.0. The zero-order valence-corrected chi connectivity index (χ0v) is 20.9. The lowest BCUT2D eigenvalue weighted by molar-refractivity contribution is 0.104. The van der Waals surface area contributed by atoms with Crippen LogP contribution in [0.5, 0.6) is 5.75 Å². The lowest BCUT2D eigenvalue weighted by Gasteiger charge is -2.10. The molecule has 0 aliphatic rings. The van der Waals surface area contributed by atoms with Gasteiger partial charge in [-0.2, -0.15) is 0 Å². The van der Waals surface area contributed by atoms with Gasteiger partial charge in [0.15, 0.2) is 0 Å². The third kappa shape index (κ3) is 4.78. The number of aryl methyl sites for hydroxylation is 2. The van der Waals surface area contributed by atoms with Crippen molar-refractivity contribution in [3.63, 3.8) is 0 Å². The summed E-state index contributed by atoms with van der Waals surface area (Å²) in [4.78, 5) is 13.3. The molecule has 1 aromatic heterocycles. The molecule has 0 radical (unpaired) electrons. The van der Waals surface area contributed by atoms with Gasteiger partial charge in [0, 0.05) is 11.3 Å². The summed E-state index contributed by atoms with van der Waals surface area (Å²) >= 11 is 0.947. The van der Waals surface area contributed by atoms with Gasteiger partial charge in [0.25, 0.3) is 0 Å². The molecule has 4 aromatic rings. The molecule has 0 spiro atoms. The first-order valence-electron chi connectivity index (χ1n) is 10.6. The van der Waals surface area contributed by atoms with Gasteiger partial charge in [-0.1, -0.05) is 23.8 Å². The maximum atomic E-state index is 13.7. The number of ketones is 1. The Kier molecular flexibility index (Phi) is 6.64. The molecule has 180 valence electrons. The second kappa shape index (κ2) is 9.52. The second-order valence-electron chi connectivity index (χ2n) is 7.96. The zero-order valence-electron chi connectivity index (χ0n) is 19.3. The molecule has 9 heteroatoms. The molecule has 0 saturated carbocycles. The predicted molar refractivity (Wildman–Crippen MR) is 136 cm³/mol. The number of hydrogen-bond donors (Lipinski definition) is 2. The van der Waals surface area contributed by atoms with Gasteiger partial charge in [0.05, 0.1) is 17.7 Å². The van der Waals surface area contributed by atoms with Crippen LogP contribution in [0.1, 0.15) is 26.4 Å². The van der Waals surface area contributed by atoms with Crippen molar-refractivity contribution in [1.29, 1.82) is 0 Å². The molecule has 0 amide bonds. The minimum Gasteiger partial charge on any atom is -0.497 e. The highest BCUT2D eigenvalue weighted by Gasteiger charge is 2.32. The van der Waals surface area contributed by atoms with Crippen LogP contribution in [-0.2, 0) is 9.84 Å². The summed E-state index contributed by atoms with van der Waals surface area (Å²) in [5.74, 6) is -0.306. The average molecular weight is 511 g/mol. The first-order valence-corrected chi connectivity index (χ1v) is 12.9. The fourth-order valence-electron chi connectivity index (χ4n) is 3.67. The SMILES string of the molecule is COc1ccc(S(=O)(=O)c2c(Nc3ccc(F)cc3)sc(C(=O)c3ccc(C)cc3C)c2N)cc1. The smallest absolute Gasteiger partial charge is 0.211 e. The summed E-state index contributed by atoms with van der Waals surface area (Å²) in [5.41, 5.74) is 8.87. The van der Waals surface area contributed by atoms with Crippen LogP contribution in [0.3, 0.4) is 0 Å². The molecule has 0 aliphatic carbocycles. The van der Waals surface area contributed by atoms with E-state index >= 15 is 0 Å². The summed E-state index contributed by atoms with van der Waals surface area (Å²) in [7, 11) is -2.64. The lowest BCUT2D eigenvalue weighted by Crippen LogP contribution is -2.09. The van der Waals surface area contributed by atoms with Gasteiger partial charge in [-0.15, -0.1) is 11.3 Å². The van der Waals surface area contributed by atoms with Gasteiger partial charge in [0.2, 0.25) is 15.6 Å². The van der Waals surface area contributed by atoms with Crippen LogP contribution in [0.25, 0.3) is 0 Å². The van der Waals surface area contributed by atoms with E-state index in [9.17, 15) is 17.6 Å². The van der Waals surface area contributed by atoms with Crippen molar-refractivity contribution in [2.45, 2.75) is 23.6 Å². The Bertz CT molecular complexity index is 1510. The predicted octanol–water partition coefficient (Wildman–Crippen LogP) is 5.90. The number of ether oxygens (including phenoxy) is 1. The molecule has 0 bridgehead atoms. The quantitative estimate of drug-likeness (QED) is 0.300. The van der Waals surface area contributed by atoms with E-state index in [4.69, 9.17) is 10.5 Å². The molecule has 6 nitrogen and oxygen atoms in total. The van der Waals surface area contributed by atoms with E-state index in [1.165, 1.54) is 55.6 Å². The molecule has 3 aromatic carbocycles. The van der Waals surface area contributed by atoms with Crippen molar-refractivity contribution in [1.82, 2.24) is 0 Å². The van der Waals surface area contributed by atoms with E-state index in [-0.39, 0.29) is 31.1 Å². The molecule has 4 rings (SSSR count). The minimum absolute atomic E-state index is 0.00419. The second-order valence-corrected chi connectivity index (χ2v) is 10.9. The number of anilines is 3. The van der Waals surface area contributed by atoms with E-state index in [1.807, 2.05) is 26.0 Å². The highest BCUT2D eigenvalue weighted by molar-refractivity contribution is 7.92. The van der Waals surface area contributed by atoms with Crippen LogP contribution in [-0.4, -0.2) is 21.3 Å². The highest BCUT2D eigenvalue weighted by Crippen LogP contribution is 2.44. The Morgan fingerprint density at radius 2 is 1.66 bits per heavy atom. The van der Waals surface area contributed by atoms with Crippen molar-refractivity contribution < 1.29 is 22.3 Å². The number of halogens is 1. The number of carbonyl (C=O) groups excluding carboxylic acids is 1. The fraction of sp³-hybridized carbons (Fsp3) is 0.115. The first-order chi connectivity index (χ1) is 16.6. The van der Waals surface area contributed by atoms with E-state index in [0.29, 0.717) is 17.0 Å². The van der Waals surface area contributed by atoms with E-state index in [2.05, 4.69) is 5.32 Å². The molecule has 3 N–H and O–H groups in total. The maximum Gasteiger partial charge on any atom is 0.211 e. The Balaban J connectivity index is 1.88. The average Bonchev–Trinajstić information content (AvgIpc) is 3.16. The number of sulfone groups is 1. The number of rotatable bonds is 7. The summed E-state index contributed by atoms with van der Waals surface area (Å²) in [6, 6.07) is 16.7. The minimum atomic E-state index is -4.12. The number of hydrogen-bond acceptors (Lipinski definition) is 7. The number of nitrogens with two attached hydrogens (primary N) is 1. The first kappa shape index (κ1) is 24.4. The molecule has 35 heavy (non-hydrogen) atoms. The molecule has 0 atom stereocenters. The van der Waals surface area contributed by atoms with Crippen LogP contribution >= 0.6 is 11.3 Å². The number of benzene rings is 3. The number of thiophene rings is 1. The van der Waals surface area contributed by atoms with Crippen LogP contribution in [0.15, 0.2) is 76.5 Å². The monoisotopic (exact) mass is 510 g/mol. The molecule has 1 heterocycles. The van der Waals surface area contributed by atoms with Crippen molar-refractivity contribution >= 4 is 43.3 Å². The summed E-state index contributed by atoms with van der Waals surface area (Å²) < 4.78 is 45.9. The largest absolute Gasteiger partial charge is 0.497 e. The molecule has 0 fully saturated rings. The maximum absolute atomic E-state index is 13.7. The van der Waals surface area contributed by atoms with Gasteiger partial charge in [-0.05, 0) is 67.9 Å². The molecular weight excluding hydrogens is 487 g/mol. The third-order valence-electron chi connectivity index (χ3n) is 5.47. The topological polar surface area (TPSA) is 98.5 Å². The Morgan fingerprint density at radius 1 is 1.00 bits per heavy atom. The molecule has 0 aliphatic heterocycles. The molecule has 0 unspecified atom stereocenters. The standard InChI is InChI=1S/C26H23FN2O4S2/c1-15-4-13-21(16(2)14-15)23(30)24-22(28)25(26(34-24)29-18-7-5-17(27)6-8-18)35(31,32)20-11-9-19(33-3)10-12-20/h4-14,29H,28H2,1-3H3. The summed E-state index contributed by atoms with van der Waals surface area (Å²) in [6.07, 6.45) is 0. The van der Waals surface area contributed by atoms with Crippen LogP contribution in [0, 0.1) is 19.7 Å². The van der Waals surface area contributed by atoms with Crippen molar-refractivity contribution in [2.24, 2.45) is 0 Å². The van der Waals surface area contributed by atoms with Crippen LogP contribution in [0.2, 0.25) is 0 Å². The van der Waals surface area contributed by atoms with Gasteiger partial charge in [-0.25, -0.2) is 12.8 Å². The van der Waals surface area contributed by atoms with Crippen LogP contribution in [0.4, 0.5) is 20.8 Å². The molecule has 0 saturated heterocycles. The summed E-state index contributed by atoms with van der Waals surface area (Å²) in [5, 5.41) is 3.17. The van der Waals surface area contributed by atoms with Crippen molar-refractivity contribution in [3.8, 4) is 5.75 Å². The normalized spacial score (nSPS) is 11.3. The fourth-order valence-corrected chi connectivity index (χ4v) is 6.60. The van der Waals surface area contributed by atoms with Gasteiger partial charge >= 0.3 is 0 Å². The number of nitrogen functional groups attached to an aromatic ring is 1. The Labute approximate surface area is 207 Å². The summed E-state index contributed by atoms with van der Waals surface area (Å²) in [6.45, 7) is 3.74. The highest BCUT2D eigenvalue weighted by atomic mass is 32.2. The van der Waals surface area contributed by atoms with E-state index in [0.717, 1.165) is 22.5 Å². The van der Waals surface area contributed by atoms with Gasteiger partial charge in [0.1, 0.15) is 26.3 Å². The number of nitrogens with one attached hydrogen (secondary N) is 1. The van der Waals surface area contributed by atoms with E-state index < -0.39 is 15.7 Å². The van der Waals surface area contributed by atoms with Crippen molar-refractivity contribution in [3.05, 3.63) is 94.1 Å². The Hall–Kier alpha value is -3.69. The Morgan fingerprint density at radius 3 is 2.26 bits per heavy atom. The van der Waals surface area contributed by atoms with Crippen molar-refractivity contribution in [2.75, 3.05) is 18.2 Å². The van der Waals surface area contributed by atoms with E-state index in [1.54, 1.807) is 6.07 Å². The van der Waals surface area contributed by atoms with Gasteiger partial charge < -0.3 is 15.8 Å².